The van der Waals surface area contributed by atoms with Gasteiger partial charge in [-0.3, -0.25) is 9.98 Å². The largest absolute Gasteiger partial charge is 0.495 e. The lowest BCUT2D eigenvalue weighted by Crippen LogP contribution is -2.46. The zero-order valence-electron chi connectivity index (χ0n) is 21.3. The summed E-state index contributed by atoms with van der Waals surface area (Å²) in [6, 6.07) is 6.32. The van der Waals surface area contributed by atoms with Gasteiger partial charge in [-0.2, -0.15) is 0 Å². The summed E-state index contributed by atoms with van der Waals surface area (Å²) >= 11 is 0. The van der Waals surface area contributed by atoms with E-state index in [0.717, 1.165) is 48.5 Å². The Morgan fingerprint density at radius 3 is 2.74 bits per heavy atom. The minimum Gasteiger partial charge on any atom is -0.495 e. The van der Waals surface area contributed by atoms with E-state index in [9.17, 15) is 4.39 Å². The van der Waals surface area contributed by atoms with Crippen molar-refractivity contribution in [1.82, 2.24) is 10.2 Å². The number of benzene rings is 1. The third-order valence-corrected chi connectivity index (χ3v) is 5.57. The van der Waals surface area contributed by atoms with Gasteiger partial charge in [0.25, 0.3) is 0 Å². The minimum atomic E-state index is -0.656. The van der Waals surface area contributed by atoms with Crippen molar-refractivity contribution in [1.29, 1.82) is 0 Å². The molecule has 0 bridgehead atoms. The summed E-state index contributed by atoms with van der Waals surface area (Å²) in [7, 11) is 3.35. The van der Waals surface area contributed by atoms with Crippen molar-refractivity contribution >= 4 is 12.2 Å². The number of nitrogens with one attached hydrogen (secondary N) is 1. The quantitative estimate of drug-likeness (QED) is 0.198. The molecular weight excluding hydrogens is 441 g/mol. The number of nitrogens with two attached hydrogens (primary N) is 1. The third-order valence-electron chi connectivity index (χ3n) is 5.57. The predicted octanol–water partition coefficient (Wildman–Crippen LogP) is 5.19. The number of hydrogen-bond donors (Lipinski definition) is 2. The molecule has 0 spiro atoms. The fourth-order valence-electron chi connectivity index (χ4n) is 3.69. The van der Waals surface area contributed by atoms with Crippen LogP contribution in [-0.4, -0.2) is 44.3 Å². The molecule has 1 aromatic carbocycles. The van der Waals surface area contributed by atoms with Crippen molar-refractivity contribution in [2.24, 2.45) is 15.7 Å². The molecule has 7 heteroatoms. The summed E-state index contributed by atoms with van der Waals surface area (Å²) < 4.78 is 18.8. The van der Waals surface area contributed by atoms with Crippen LogP contribution in [0.2, 0.25) is 0 Å². The molecule has 2 rings (SSSR count). The molecule has 0 saturated heterocycles. The van der Waals surface area contributed by atoms with Gasteiger partial charge < -0.3 is 20.7 Å². The first-order valence-corrected chi connectivity index (χ1v) is 11.8. The van der Waals surface area contributed by atoms with E-state index < -0.39 is 5.54 Å². The number of rotatable bonds is 11. The minimum absolute atomic E-state index is 0.271. The number of hydrogen-bond acceptors (Lipinski definition) is 5. The molecule has 0 saturated carbocycles. The summed E-state index contributed by atoms with van der Waals surface area (Å²) in [4.78, 5) is 10.7. The predicted molar refractivity (Wildman–Crippen MR) is 145 cm³/mol. The molecule has 35 heavy (non-hydrogen) atoms. The number of methoxy groups -OCH3 is 1. The second kappa shape index (κ2) is 14.1. The van der Waals surface area contributed by atoms with Gasteiger partial charge in [-0.05, 0) is 68.5 Å². The second-order valence-electron chi connectivity index (χ2n) is 8.40. The van der Waals surface area contributed by atoms with Gasteiger partial charge in [-0.1, -0.05) is 36.9 Å². The van der Waals surface area contributed by atoms with Crippen molar-refractivity contribution in [3.63, 3.8) is 0 Å². The van der Waals surface area contributed by atoms with E-state index in [4.69, 9.17) is 10.5 Å². The van der Waals surface area contributed by atoms with Crippen molar-refractivity contribution in [3.8, 4) is 0 Å². The van der Waals surface area contributed by atoms with Crippen molar-refractivity contribution in [3.05, 3.63) is 95.8 Å². The van der Waals surface area contributed by atoms with Crippen LogP contribution >= 0.6 is 0 Å². The van der Waals surface area contributed by atoms with Crippen LogP contribution in [0.1, 0.15) is 38.7 Å². The van der Waals surface area contributed by atoms with E-state index in [-0.39, 0.29) is 5.82 Å². The average molecular weight is 480 g/mol. The molecule has 0 fully saturated rings. The highest BCUT2D eigenvalue weighted by molar-refractivity contribution is 5.98. The van der Waals surface area contributed by atoms with Gasteiger partial charge in [-0.25, -0.2) is 4.39 Å². The highest BCUT2D eigenvalue weighted by atomic mass is 19.1. The molecule has 188 valence electrons. The van der Waals surface area contributed by atoms with Crippen LogP contribution in [0.5, 0.6) is 0 Å². The molecule has 6 nitrogen and oxygen atoms in total. The first-order chi connectivity index (χ1) is 16.9. The Bertz CT molecular complexity index is 1000. The van der Waals surface area contributed by atoms with Crippen LogP contribution in [0, 0.1) is 5.82 Å². The fourth-order valence-corrected chi connectivity index (χ4v) is 3.69. The fraction of sp³-hybridized carbons (Fsp3) is 0.357. The summed E-state index contributed by atoms with van der Waals surface area (Å²) in [5, 5.41) is 3.42. The van der Waals surface area contributed by atoms with Gasteiger partial charge in [-0.15, -0.1) is 0 Å². The number of aliphatic imine (C=N–C) groups is 2. The molecule has 1 heterocycles. The van der Waals surface area contributed by atoms with Gasteiger partial charge in [0.05, 0.1) is 24.7 Å². The Morgan fingerprint density at radius 1 is 1.37 bits per heavy atom. The summed E-state index contributed by atoms with van der Waals surface area (Å²) in [6.45, 7) is 9.01. The highest BCUT2D eigenvalue weighted by Gasteiger charge is 2.23. The number of nitrogens with zero attached hydrogens (tertiary/aromatic N) is 3. The van der Waals surface area contributed by atoms with Crippen LogP contribution in [0.3, 0.4) is 0 Å². The average Bonchev–Trinajstić information content (AvgIpc) is 2.85. The maximum atomic E-state index is 13.3. The topological polar surface area (TPSA) is 75.2 Å². The normalized spacial score (nSPS) is 18.0. The molecule has 0 aromatic heterocycles. The number of halogens is 1. The Kier molecular flexibility index (Phi) is 11.2. The standard InChI is InChI=1S/C28H38FN5O/c1-6-19-34(21-31-4)25(26(7-2)35-5)13-9-8-11-22-12-10-18-32-27(22)33-20-28(3,30)23-14-16-24(29)17-15-23/h6-7,9,11,13-17,19,21H,2,8,10,12,18,20,30H2,1,3-5H3,(H,32,33)/b13-9-,19-6+,22-11+,26-25-,31-21?. The Hall–Kier alpha value is -3.45. The molecule has 1 aliphatic rings. The second-order valence-corrected chi connectivity index (χ2v) is 8.40. The molecule has 1 aliphatic heterocycles. The summed E-state index contributed by atoms with van der Waals surface area (Å²) in [6.07, 6.45) is 16.2. The van der Waals surface area contributed by atoms with Crippen molar-refractivity contribution in [2.75, 3.05) is 27.2 Å². The van der Waals surface area contributed by atoms with Crippen molar-refractivity contribution in [2.45, 2.75) is 38.6 Å². The first kappa shape index (κ1) is 27.8. The third kappa shape index (κ3) is 8.37. The maximum absolute atomic E-state index is 13.3. The molecule has 1 atom stereocenters. The smallest absolute Gasteiger partial charge is 0.142 e. The molecule has 3 N–H and O–H groups in total. The van der Waals surface area contributed by atoms with Gasteiger partial charge in [0.2, 0.25) is 0 Å². The van der Waals surface area contributed by atoms with Gasteiger partial charge in [0.15, 0.2) is 0 Å². The lowest BCUT2D eigenvalue weighted by Gasteiger charge is -2.28. The van der Waals surface area contributed by atoms with E-state index in [0.29, 0.717) is 12.3 Å². The Balaban J connectivity index is 2.14. The maximum Gasteiger partial charge on any atom is 0.142 e. The van der Waals surface area contributed by atoms with Crippen LogP contribution in [-0.2, 0) is 10.3 Å². The lowest BCUT2D eigenvalue weighted by molar-refractivity contribution is 0.297. The van der Waals surface area contributed by atoms with E-state index >= 15 is 0 Å². The van der Waals surface area contributed by atoms with Crippen LogP contribution in [0.4, 0.5) is 4.39 Å². The molecule has 0 radical (unpaired) electrons. The number of allylic oxidation sites excluding steroid dienone is 5. The Labute approximate surface area is 209 Å². The van der Waals surface area contributed by atoms with E-state index in [1.165, 1.54) is 12.1 Å². The summed E-state index contributed by atoms with van der Waals surface area (Å²) in [5.74, 6) is 1.25. The van der Waals surface area contributed by atoms with Gasteiger partial charge in [0, 0.05) is 26.3 Å². The van der Waals surface area contributed by atoms with Gasteiger partial charge >= 0.3 is 0 Å². The molecule has 1 aromatic rings. The first-order valence-electron chi connectivity index (χ1n) is 11.8. The zero-order valence-corrected chi connectivity index (χ0v) is 21.3. The van der Waals surface area contributed by atoms with E-state index in [2.05, 4.69) is 34.0 Å². The van der Waals surface area contributed by atoms with Crippen LogP contribution in [0.25, 0.3) is 0 Å². The van der Waals surface area contributed by atoms with Gasteiger partial charge in [0.1, 0.15) is 17.4 Å². The monoisotopic (exact) mass is 479 g/mol. The van der Waals surface area contributed by atoms with Crippen LogP contribution < -0.4 is 11.1 Å². The number of amidine groups is 1. The summed E-state index contributed by atoms with van der Waals surface area (Å²) in [5.41, 5.74) is 8.73. The molecule has 1 unspecified atom stereocenters. The number of ether oxygens (including phenoxy) is 1. The Morgan fingerprint density at radius 2 is 2.11 bits per heavy atom. The molecule has 0 aliphatic carbocycles. The van der Waals surface area contributed by atoms with Crippen molar-refractivity contribution < 1.29 is 9.13 Å². The SMILES string of the molecule is C=C/C(OC)=C(\C=C/C/C=C1\CCCN=C1NCC(C)(N)c1ccc(F)cc1)N(C=NC)/C=C/C. The van der Waals surface area contributed by atoms with E-state index in [1.54, 1.807) is 38.7 Å². The van der Waals surface area contributed by atoms with E-state index in [1.807, 2.05) is 37.1 Å². The molecular formula is C28H38FN5O. The highest BCUT2D eigenvalue weighted by Crippen LogP contribution is 2.20. The lowest BCUT2D eigenvalue weighted by atomic mass is 9.92. The molecule has 0 amide bonds. The zero-order chi connectivity index (χ0) is 25.7. The van der Waals surface area contributed by atoms with Crippen LogP contribution in [0.15, 0.2) is 94.4 Å².